The third-order valence-electron chi connectivity index (χ3n) is 2.02. The van der Waals surface area contributed by atoms with Gasteiger partial charge < -0.3 is 10.2 Å². The van der Waals surface area contributed by atoms with E-state index in [0.717, 1.165) is 0 Å². The molecule has 0 heterocycles. The van der Waals surface area contributed by atoms with E-state index in [-0.39, 0.29) is 10.9 Å². The van der Waals surface area contributed by atoms with Gasteiger partial charge in [-0.25, -0.2) is 0 Å². The van der Waals surface area contributed by atoms with Gasteiger partial charge in [-0.2, -0.15) is 0 Å². The van der Waals surface area contributed by atoms with Gasteiger partial charge in [0, 0.05) is 15.9 Å². The Bertz CT molecular complexity index is 357. The van der Waals surface area contributed by atoms with Gasteiger partial charge in [-0.15, -0.1) is 0 Å². The summed E-state index contributed by atoms with van der Waals surface area (Å²) in [5, 5.41) is 19.8. The second-order valence-corrected chi connectivity index (χ2v) is 4.14. The Balaban J connectivity index is 3.07. The molecule has 0 saturated carbocycles. The van der Waals surface area contributed by atoms with E-state index in [1.54, 1.807) is 6.07 Å². The number of aldehydes is 1. The van der Waals surface area contributed by atoms with Crippen LogP contribution in [0.15, 0.2) is 18.2 Å². The van der Waals surface area contributed by atoms with Crippen molar-refractivity contribution in [1.29, 1.82) is 0 Å². The molecule has 0 aliphatic rings. The smallest absolute Gasteiger partial charge is 0.150 e. The Morgan fingerprint density at radius 2 is 2.13 bits per heavy atom. The zero-order chi connectivity index (χ0) is 11.4. The number of hydrogen-bond donors (Lipinski definition) is 2. The third-order valence-corrected chi connectivity index (χ3v) is 2.92. The van der Waals surface area contributed by atoms with Gasteiger partial charge in [-0.05, 0) is 17.7 Å². The second-order valence-electron chi connectivity index (χ2n) is 3.06. The molecule has 0 bridgehead atoms. The Kier molecular flexibility index (Phi) is 4.73. The van der Waals surface area contributed by atoms with Crippen molar-refractivity contribution in [3.63, 3.8) is 0 Å². The predicted octanol–water partition coefficient (Wildman–Crippen LogP) is 1.94. The lowest BCUT2D eigenvalue weighted by molar-refractivity contribution is 0.0338. The monoisotopic (exact) mass is 292 g/mol. The van der Waals surface area contributed by atoms with E-state index >= 15 is 0 Å². The summed E-state index contributed by atoms with van der Waals surface area (Å²) in [5.41, 5.74) is 0.663. The lowest BCUT2D eigenvalue weighted by Gasteiger charge is -2.17. The van der Waals surface area contributed by atoms with Crippen molar-refractivity contribution in [2.24, 2.45) is 0 Å². The maximum Gasteiger partial charge on any atom is 0.150 e. The molecule has 0 spiro atoms. The van der Waals surface area contributed by atoms with E-state index in [1.807, 2.05) is 0 Å². The van der Waals surface area contributed by atoms with Crippen LogP contribution in [0.3, 0.4) is 0 Å². The third kappa shape index (κ3) is 3.01. The van der Waals surface area contributed by atoms with Crippen molar-refractivity contribution in [1.82, 2.24) is 0 Å². The molecule has 0 aliphatic heterocycles. The molecule has 1 rings (SSSR count). The molecule has 3 nitrogen and oxygen atoms in total. The molecule has 0 saturated heterocycles. The van der Waals surface area contributed by atoms with Gasteiger partial charge in [0.25, 0.3) is 0 Å². The molecular weight excluding hydrogens is 283 g/mol. The number of rotatable bonds is 4. The molecule has 0 fully saturated rings. The minimum atomic E-state index is -1.10. The van der Waals surface area contributed by atoms with Crippen LogP contribution in [0.4, 0.5) is 0 Å². The summed E-state index contributed by atoms with van der Waals surface area (Å²) in [4.78, 5) is 10.7. The van der Waals surface area contributed by atoms with E-state index < -0.39 is 12.2 Å². The summed E-state index contributed by atoms with van der Waals surface area (Å²) in [5.74, 6) is 0. The molecule has 1 aromatic carbocycles. The molecule has 2 N–H and O–H groups in total. The van der Waals surface area contributed by atoms with Gasteiger partial charge in [0.1, 0.15) is 12.4 Å². The first-order chi connectivity index (χ1) is 7.10. The highest BCUT2D eigenvalue weighted by Gasteiger charge is 2.19. The minimum Gasteiger partial charge on any atom is -0.389 e. The highest BCUT2D eigenvalue weighted by atomic mass is 79.9. The number of aliphatic hydroxyl groups is 2. The average Bonchev–Trinajstić information content (AvgIpc) is 2.26. The van der Waals surface area contributed by atoms with Crippen LogP contribution >= 0.6 is 27.5 Å². The second kappa shape index (κ2) is 5.61. The summed E-state index contributed by atoms with van der Waals surface area (Å²) in [6, 6.07) is 4.55. The topological polar surface area (TPSA) is 57.5 Å². The van der Waals surface area contributed by atoms with Crippen LogP contribution in [-0.2, 0) is 0 Å². The van der Waals surface area contributed by atoms with Crippen LogP contribution in [0.25, 0.3) is 0 Å². The maximum atomic E-state index is 10.7. The number of benzene rings is 1. The molecule has 5 heteroatoms. The number of hydrogen-bond acceptors (Lipinski definition) is 3. The first-order valence-corrected chi connectivity index (χ1v) is 5.76. The van der Waals surface area contributed by atoms with Gasteiger partial charge in [-0.1, -0.05) is 33.6 Å². The van der Waals surface area contributed by atoms with Crippen LogP contribution in [0.2, 0.25) is 5.02 Å². The van der Waals surface area contributed by atoms with E-state index in [1.165, 1.54) is 12.1 Å². The van der Waals surface area contributed by atoms with Crippen molar-refractivity contribution in [3.05, 3.63) is 34.3 Å². The quantitative estimate of drug-likeness (QED) is 0.659. The number of carbonyl (C=O) groups is 1. The molecular formula is C10H10BrClO3. The van der Waals surface area contributed by atoms with Crippen LogP contribution in [0.1, 0.15) is 22.0 Å². The zero-order valence-electron chi connectivity index (χ0n) is 7.73. The fourth-order valence-electron chi connectivity index (χ4n) is 1.21. The van der Waals surface area contributed by atoms with E-state index in [2.05, 4.69) is 15.9 Å². The molecule has 0 radical (unpaired) electrons. The SMILES string of the molecule is O=Cc1cc(Cl)ccc1C(O)C(O)CBr. The molecule has 0 aliphatic carbocycles. The van der Waals surface area contributed by atoms with Crippen LogP contribution in [-0.4, -0.2) is 27.9 Å². The maximum absolute atomic E-state index is 10.7. The van der Waals surface area contributed by atoms with Gasteiger partial charge in [0.05, 0.1) is 6.10 Å². The number of halogens is 2. The van der Waals surface area contributed by atoms with Gasteiger partial charge in [0.15, 0.2) is 0 Å². The zero-order valence-corrected chi connectivity index (χ0v) is 10.1. The average molecular weight is 294 g/mol. The molecule has 82 valence electrons. The Labute approximate surface area is 101 Å². The standard InChI is InChI=1S/C10H10BrClO3/c11-4-9(14)10(15)8-2-1-7(12)3-6(8)5-13/h1-3,5,9-10,14-15H,4H2. The summed E-state index contributed by atoms with van der Waals surface area (Å²) in [6.45, 7) is 0. The Hall–Kier alpha value is -0.420. The van der Waals surface area contributed by atoms with Gasteiger partial charge >= 0.3 is 0 Å². The van der Waals surface area contributed by atoms with Crippen molar-refractivity contribution in [2.45, 2.75) is 12.2 Å². The van der Waals surface area contributed by atoms with E-state index in [4.69, 9.17) is 11.6 Å². The largest absolute Gasteiger partial charge is 0.389 e. The lowest BCUT2D eigenvalue weighted by atomic mass is 10.0. The summed E-state index contributed by atoms with van der Waals surface area (Å²) >= 11 is 8.75. The fourth-order valence-corrected chi connectivity index (χ4v) is 1.74. The number of aliphatic hydroxyl groups excluding tert-OH is 2. The first kappa shape index (κ1) is 12.6. The highest BCUT2D eigenvalue weighted by Crippen LogP contribution is 2.23. The summed E-state index contributed by atoms with van der Waals surface area (Å²) in [7, 11) is 0. The van der Waals surface area contributed by atoms with Crippen molar-refractivity contribution in [2.75, 3.05) is 5.33 Å². The fraction of sp³-hybridized carbons (Fsp3) is 0.300. The van der Waals surface area contributed by atoms with Gasteiger partial charge in [0.2, 0.25) is 0 Å². The summed E-state index contributed by atoms with van der Waals surface area (Å²) < 4.78 is 0. The van der Waals surface area contributed by atoms with Crippen molar-refractivity contribution >= 4 is 33.8 Å². The molecule has 2 unspecified atom stereocenters. The van der Waals surface area contributed by atoms with Crippen molar-refractivity contribution < 1.29 is 15.0 Å². The minimum absolute atomic E-state index is 0.231. The molecule has 0 amide bonds. The first-order valence-electron chi connectivity index (χ1n) is 4.27. The van der Waals surface area contributed by atoms with Crippen LogP contribution in [0, 0.1) is 0 Å². The highest BCUT2D eigenvalue weighted by molar-refractivity contribution is 9.09. The Morgan fingerprint density at radius 1 is 1.47 bits per heavy atom. The number of alkyl halides is 1. The molecule has 2 atom stereocenters. The molecule has 1 aromatic rings. The van der Waals surface area contributed by atoms with E-state index in [9.17, 15) is 15.0 Å². The molecule has 15 heavy (non-hydrogen) atoms. The molecule has 0 aromatic heterocycles. The normalized spacial score (nSPS) is 14.7. The van der Waals surface area contributed by atoms with E-state index in [0.29, 0.717) is 16.9 Å². The lowest BCUT2D eigenvalue weighted by Crippen LogP contribution is -2.20. The number of carbonyl (C=O) groups excluding carboxylic acids is 1. The summed E-state index contributed by atoms with van der Waals surface area (Å²) in [6.07, 6.45) is -1.45. The predicted molar refractivity (Wildman–Crippen MR) is 61.6 cm³/mol. The van der Waals surface area contributed by atoms with Gasteiger partial charge in [-0.3, -0.25) is 4.79 Å². The van der Waals surface area contributed by atoms with Crippen molar-refractivity contribution in [3.8, 4) is 0 Å². The van der Waals surface area contributed by atoms with Crippen LogP contribution in [0.5, 0.6) is 0 Å². The van der Waals surface area contributed by atoms with Crippen LogP contribution < -0.4 is 0 Å². The Morgan fingerprint density at radius 3 is 2.67 bits per heavy atom.